The molecule has 4 heteroatoms. The fraction of sp³-hybridized carbons (Fsp3) is 0.880. The van der Waals surface area contributed by atoms with Crippen molar-refractivity contribution >= 4 is 17.9 Å². The Balaban J connectivity index is 1.82. The smallest absolute Gasteiger partial charge is 0.141 e. The molecule has 4 nitrogen and oxygen atoms in total. The molecule has 0 heterocycles. The van der Waals surface area contributed by atoms with Crippen molar-refractivity contribution in [2.24, 2.45) is 40.4 Å². The summed E-state index contributed by atoms with van der Waals surface area (Å²) in [7, 11) is 0. The highest BCUT2D eigenvalue weighted by Gasteiger charge is 2.58. The van der Waals surface area contributed by atoms with E-state index in [1.54, 1.807) is 6.92 Å². The van der Waals surface area contributed by atoms with Crippen LogP contribution in [-0.4, -0.2) is 29.1 Å². The number of carbonyl (C=O) groups excluding carboxylic acids is 3. The Morgan fingerprint density at radius 3 is 2.52 bits per heavy atom. The van der Waals surface area contributed by atoms with Gasteiger partial charge in [-0.15, -0.1) is 0 Å². The van der Waals surface area contributed by atoms with E-state index in [4.69, 9.17) is 0 Å². The first-order chi connectivity index (χ1) is 13.6. The molecule has 0 spiro atoms. The molecular weight excluding hydrogens is 364 g/mol. The summed E-state index contributed by atoms with van der Waals surface area (Å²) in [4.78, 5) is 36.1. The van der Waals surface area contributed by atoms with Gasteiger partial charge in [-0.05, 0) is 86.9 Å². The van der Waals surface area contributed by atoms with Crippen LogP contribution in [0.25, 0.3) is 0 Å². The largest absolute Gasteiger partial charge is 0.393 e. The van der Waals surface area contributed by atoms with Gasteiger partial charge in [-0.3, -0.25) is 4.79 Å². The van der Waals surface area contributed by atoms with Gasteiger partial charge < -0.3 is 14.7 Å². The topological polar surface area (TPSA) is 71.4 Å². The Labute approximate surface area is 176 Å². The van der Waals surface area contributed by atoms with Crippen LogP contribution in [0.2, 0.25) is 0 Å². The van der Waals surface area contributed by atoms with Gasteiger partial charge in [0.2, 0.25) is 0 Å². The van der Waals surface area contributed by atoms with Crippen LogP contribution < -0.4 is 0 Å². The molecule has 3 aliphatic rings. The summed E-state index contributed by atoms with van der Waals surface area (Å²) in [6.07, 6.45) is 8.86. The Kier molecular flexibility index (Phi) is 6.72. The van der Waals surface area contributed by atoms with Crippen LogP contribution >= 0.6 is 0 Å². The van der Waals surface area contributed by atoms with Crippen LogP contribution in [0.5, 0.6) is 0 Å². The van der Waals surface area contributed by atoms with Gasteiger partial charge in [-0.1, -0.05) is 20.8 Å². The van der Waals surface area contributed by atoms with Crippen LogP contribution in [0.1, 0.15) is 91.9 Å². The van der Waals surface area contributed by atoms with Crippen molar-refractivity contribution < 1.29 is 19.5 Å². The van der Waals surface area contributed by atoms with Crippen molar-refractivity contribution in [2.75, 3.05) is 0 Å². The molecule has 0 radical (unpaired) electrons. The number of fused-ring (bicyclic) bond motifs is 1. The van der Waals surface area contributed by atoms with Crippen LogP contribution in [0.4, 0.5) is 0 Å². The molecule has 0 aromatic rings. The number of rotatable bonds is 7. The summed E-state index contributed by atoms with van der Waals surface area (Å²) in [6.45, 7) is 8.50. The maximum absolute atomic E-state index is 13.0. The van der Waals surface area contributed by atoms with E-state index in [9.17, 15) is 19.5 Å². The van der Waals surface area contributed by atoms with Gasteiger partial charge >= 0.3 is 0 Å². The molecule has 3 unspecified atom stereocenters. The van der Waals surface area contributed by atoms with Crippen LogP contribution in [0.15, 0.2) is 0 Å². The van der Waals surface area contributed by atoms with Gasteiger partial charge in [0.1, 0.15) is 17.9 Å². The third-order valence-corrected chi connectivity index (χ3v) is 9.39. The highest BCUT2D eigenvalue weighted by molar-refractivity contribution is 5.86. The van der Waals surface area contributed by atoms with E-state index in [0.29, 0.717) is 37.0 Å². The molecule has 3 aliphatic carbocycles. The zero-order valence-corrected chi connectivity index (χ0v) is 18.8. The van der Waals surface area contributed by atoms with Crippen molar-refractivity contribution in [3.05, 3.63) is 0 Å². The monoisotopic (exact) mass is 404 g/mol. The number of hydrogen-bond acceptors (Lipinski definition) is 4. The van der Waals surface area contributed by atoms with Gasteiger partial charge in [0, 0.05) is 24.7 Å². The summed E-state index contributed by atoms with van der Waals surface area (Å²) in [5.41, 5.74) is -0.194. The summed E-state index contributed by atoms with van der Waals surface area (Å²) in [6, 6.07) is 0. The number of aldehydes is 1. The second-order valence-corrected chi connectivity index (χ2v) is 11.0. The first-order valence-electron chi connectivity index (χ1n) is 11.8. The molecule has 164 valence electrons. The van der Waals surface area contributed by atoms with Crippen LogP contribution in [0.3, 0.4) is 0 Å². The predicted octanol–water partition coefficient (Wildman–Crippen LogP) is 4.76. The van der Waals surface area contributed by atoms with Crippen molar-refractivity contribution in [1.82, 2.24) is 0 Å². The summed E-state index contributed by atoms with van der Waals surface area (Å²) in [5.74, 6) is 2.57. The molecule has 1 N–H and O–H groups in total. The van der Waals surface area contributed by atoms with E-state index < -0.39 is 11.5 Å². The minimum atomic E-state index is -0.494. The maximum Gasteiger partial charge on any atom is 0.141 e. The molecule has 0 aliphatic heterocycles. The second-order valence-electron chi connectivity index (χ2n) is 11.0. The summed E-state index contributed by atoms with van der Waals surface area (Å²) < 4.78 is 0. The van der Waals surface area contributed by atoms with E-state index in [-0.39, 0.29) is 35.2 Å². The highest BCUT2D eigenvalue weighted by Crippen LogP contribution is 2.64. The van der Waals surface area contributed by atoms with Crippen molar-refractivity contribution in [3.63, 3.8) is 0 Å². The number of carbonyl (C=O) groups is 3. The minimum absolute atomic E-state index is 0.199. The predicted molar refractivity (Wildman–Crippen MR) is 113 cm³/mol. The average Bonchev–Trinajstić information content (AvgIpc) is 3.01. The molecule has 0 aromatic carbocycles. The number of Topliss-reactive ketones (excluding diaryl/α,β-unsaturated/α-hetero) is 2. The molecular formula is C25H40O4. The SMILES string of the molecule is CC(=O)CC[C@@H](C)[C@H]1CCC2C(CC=O)C([C@@]3(C)CC[C@H](O)CC3=O)CC[C@@]21C. The van der Waals surface area contributed by atoms with E-state index >= 15 is 0 Å². The first kappa shape index (κ1) is 22.7. The molecule has 29 heavy (non-hydrogen) atoms. The summed E-state index contributed by atoms with van der Waals surface area (Å²) >= 11 is 0. The Bertz CT molecular complexity index is 643. The zero-order valence-electron chi connectivity index (χ0n) is 18.8. The third-order valence-electron chi connectivity index (χ3n) is 9.39. The lowest BCUT2D eigenvalue weighted by molar-refractivity contribution is -0.146. The standard InChI is InChI=1S/C25H40O4/c1-16(5-6-17(2)27)20-7-8-21-19(11-14-26)22(10-13-24(20,21)3)25(4)12-9-18(28)15-23(25)29/h14,16,18-22,28H,5-13,15H2,1-4H3/t16-,18+,19?,20-,21?,22?,24-,25-/m1/s1. The van der Waals surface area contributed by atoms with Crippen molar-refractivity contribution in [3.8, 4) is 0 Å². The second kappa shape index (κ2) is 8.61. The molecule has 3 fully saturated rings. The Morgan fingerprint density at radius 1 is 1.17 bits per heavy atom. The third kappa shape index (κ3) is 4.11. The molecule has 3 rings (SSSR count). The number of aliphatic hydroxyl groups excluding tert-OH is 1. The number of ketones is 2. The Hall–Kier alpha value is -1.03. The number of aliphatic hydroxyl groups is 1. The lowest BCUT2D eigenvalue weighted by Crippen LogP contribution is -2.51. The van der Waals surface area contributed by atoms with Gasteiger partial charge in [0.15, 0.2) is 0 Å². The lowest BCUT2D eigenvalue weighted by atomic mass is 9.49. The van der Waals surface area contributed by atoms with E-state index in [0.717, 1.165) is 38.4 Å². The van der Waals surface area contributed by atoms with Gasteiger partial charge in [-0.25, -0.2) is 0 Å². The van der Waals surface area contributed by atoms with Crippen LogP contribution in [-0.2, 0) is 14.4 Å². The van der Waals surface area contributed by atoms with Crippen molar-refractivity contribution in [2.45, 2.75) is 98.0 Å². The molecule has 0 aromatic heterocycles. The van der Waals surface area contributed by atoms with E-state index in [1.165, 1.54) is 6.42 Å². The first-order valence-corrected chi connectivity index (χ1v) is 11.8. The Morgan fingerprint density at radius 2 is 1.90 bits per heavy atom. The van der Waals surface area contributed by atoms with Gasteiger partial charge in [-0.2, -0.15) is 0 Å². The molecule has 0 saturated heterocycles. The minimum Gasteiger partial charge on any atom is -0.393 e. The number of hydrogen-bond donors (Lipinski definition) is 1. The van der Waals surface area contributed by atoms with Gasteiger partial charge in [0.25, 0.3) is 0 Å². The van der Waals surface area contributed by atoms with Crippen LogP contribution in [0, 0.1) is 40.4 Å². The summed E-state index contributed by atoms with van der Waals surface area (Å²) in [5, 5.41) is 9.96. The van der Waals surface area contributed by atoms with Crippen molar-refractivity contribution in [1.29, 1.82) is 0 Å². The fourth-order valence-electron chi connectivity index (χ4n) is 7.67. The maximum atomic E-state index is 13.0. The molecule has 0 amide bonds. The average molecular weight is 405 g/mol. The highest BCUT2D eigenvalue weighted by atomic mass is 16.3. The normalized spacial score (nSPS) is 43.6. The molecule has 3 saturated carbocycles. The van der Waals surface area contributed by atoms with E-state index in [1.807, 2.05) is 0 Å². The lowest BCUT2D eigenvalue weighted by Gasteiger charge is -2.54. The van der Waals surface area contributed by atoms with E-state index in [2.05, 4.69) is 20.8 Å². The molecule has 8 atom stereocenters. The zero-order chi connectivity index (χ0) is 21.4. The fourth-order valence-corrected chi connectivity index (χ4v) is 7.67. The quantitative estimate of drug-likeness (QED) is 0.621. The van der Waals surface area contributed by atoms with Gasteiger partial charge in [0.05, 0.1) is 6.10 Å². The molecule has 0 bridgehead atoms.